The molecule has 1 heterocycles. The summed E-state index contributed by atoms with van der Waals surface area (Å²) in [7, 11) is 0. The van der Waals surface area contributed by atoms with Gasteiger partial charge in [-0.3, -0.25) is 10.1 Å². The molecule has 9 nitrogen and oxygen atoms in total. The van der Waals surface area contributed by atoms with Gasteiger partial charge in [0, 0.05) is 28.2 Å². The third-order valence-corrected chi connectivity index (χ3v) is 6.70. The van der Waals surface area contributed by atoms with Crippen LogP contribution in [0.4, 0.5) is 10.5 Å². The minimum Gasteiger partial charge on any atom is -0.506 e. The first-order chi connectivity index (χ1) is 18.3. The first-order valence-corrected chi connectivity index (χ1v) is 13.6. The van der Waals surface area contributed by atoms with Gasteiger partial charge in [-0.05, 0) is 52.3 Å². The Morgan fingerprint density at radius 1 is 1.05 bits per heavy atom. The van der Waals surface area contributed by atoms with Crippen molar-refractivity contribution in [3.8, 4) is 23.0 Å². The maximum atomic E-state index is 13.1. The van der Waals surface area contributed by atoms with Crippen LogP contribution in [0.25, 0.3) is 0 Å². The Bertz CT molecular complexity index is 1290. The minimum absolute atomic E-state index is 0.0313. The first-order valence-electron chi connectivity index (χ1n) is 11.4. The molecule has 0 spiro atoms. The number of phenolic OH excluding ortho intramolecular Hbond substituents is 1. The van der Waals surface area contributed by atoms with Gasteiger partial charge in [-0.25, -0.2) is 4.79 Å². The molecule has 2 N–H and O–H groups in total. The maximum absolute atomic E-state index is 13.1. The van der Waals surface area contributed by atoms with Crippen molar-refractivity contribution < 1.29 is 38.4 Å². The first kappa shape index (κ1) is 27.9. The Kier molecular flexibility index (Phi) is 9.64. The van der Waals surface area contributed by atoms with Gasteiger partial charge < -0.3 is 28.8 Å². The molecule has 200 valence electrons. The van der Waals surface area contributed by atoms with E-state index in [4.69, 9.17) is 23.7 Å². The topological polar surface area (TPSA) is 113 Å². The van der Waals surface area contributed by atoms with Gasteiger partial charge in [0.25, 0.3) is 0 Å². The SMILES string of the molecule is O=C(CS)OCC[C@H](Oc1ccccc1)[C@@H](OC(=O)Nc1ccc2c(c1)OCO2)c1cc(Br)cc(Br)c1O. The molecule has 1 amide bonds. The molecule has 0 unspecified atom stereocenters. The molecular formula is C26H23Br2NO8S. The van der Waals surface area contributed by atoms with Crippen LogP contribution < -0.4 is 19.5 Å². The number of benzene rings is 3. The van der Waals surface area contributed by atoms with Crippen LogP contribution in [0.5, 0.6) is 23.0 Å². The number of nitrogens with one attached hydrogen (secondary N) is 1. The number of anilines is 1. The van der Waals surface area contributed by atoms with Crippen LogP contribution >= 0.6 is 44.5 Å². The zero-order chi connectivity index (χ0) is 27.1. The van der Waals surface area contributed by atoms with Gasteiger partial charge in [0.2, 0.25) is 6.79 Å². The number of aromatic hydroxyl groups is 1. The third kappa shape index (κ3) is 7.27. The van der Waals surface area contributed by atoms with Crippen LogP contribution in [-0.4, -0.2) is 42.4 Å². The van der Waals surface area contributed by atoms with Crippen LogP contribution in [0, 0.1) is 0 Å². The number of esters is 1. The monoisotopic (exact) mass is 667 g/mol. The van der Waals surface area contributed by atoms with Gasteiger partial charge in [0.1, 0.15) is 17.6 Å². The minimum atomic E-state index is -1.12. The predicted octanol–water partition coefficient (Wildman–Crippen LogP) is 6.25. The fourth-order valence-corrected chi connectivity index (χ4v) is 5.01. The van der Waals surface area contributed by atoms with Gasteiger partial charge in [-0.2, -0.15) is 12.6 Å². The van der Waals surface area contributed by atoms with Crippen molar-refractivity contribution in [1.29, 1.82) is 0 Å². The highest BCUT2D eigenvalue weighted by molar-refractivity contribution is 9.11. The largest absolute Gasteiger partial charge is 0.506 e. The van der Waals surface area contributed by atoms with E-state index in [0.29, 0.717) is 31.9 Å². The number of phenols is 1. The molecule has 0 saturated heterocycles. The Hall–Kier alpha value is -3.09. The molecule has 0 saturated carbocycles. The van der Waals surface area contributed by atoms with Crippen molar-refractivity contribution in [2.75, 3.05) is 24.5 Å². The molecule has 0 bridgehead atoms. The van der Waals surface area contributed by atoms with E-state index in [0.717, 1.165) is 0 Å². The van der Waals surface area contributed by atoms with Crippen LogP contribution in [0.15, 0.2) is 69.6 Å². The zero-order valence-corrected chi connectivity index (χ0v) is 23.8. The number of fused-ring (bicyclic) bond motifs is 1. The van der Waals surface area contributed by atoms with E-state index in [2.05, 4.69) is 49.8 Å². The van der Waals surface area contributed by atoms with E-state index < -0.39 is 24.3 Å². The molecule has 1 aliphatic rings. The van der Waals surface area contributed by atoms with E-state index in [-0.39, 0.29) is 36.9 Å². The van der Waals surface area contributed by atoms with Crippen LogP contribution in [0.3, 0.4) is 0 Å². The second-order valence-corrected chi connectivity index (χ2v) is 10.1. The fraction of sp³-hybridized carbons (Fsp3) is 0.231. The Labute approximate surface area is 241 Å². The second-order valence-electron chi connectivity index (χ2n) is 7.98. The second kappa shape index (κ2) is 13.1. The number of thiol groups is 1. The maximum Gasteiger partial charge on any atom is 0.412 e. The number of carbonyl (C=O) groups excluding carboxylic acids is 2. The summed E-state index contributed by atoms with van der Waals surface area (Å²) in [6.07, 6.45) is -2.65. The molecule has 38 heavy (non-hydrogen) atoms. The Morgan fingerprint density at radius 3 is 2.58 bits per heavy atom. The molecule has 0 aromatic heterocycles. The summed E-state index contributed by atoms with van der Waals surface area (Å²) in [5, 5.41) is 13.6. The van der Waals surface area contributed by atoms with Crippen LogP contribution in [0.1, 0.15) is 18.1 Å². The van der Waals surface area contributed by atoms with E-state index >= 15 is 0 Å². The van der Waals surface area contributed by atoms with Crippen molar-refractivity contribution in [2.45, 2.75) is 18.6 Å². The van der Waals surface area contributed by atoms with Gasteiger partial charge in [-0.1, -0.05) is 34.1 Å². The van der Waals surface area contributed by atoms with E-state index in [1.165, 1.54) is 0 Å². The summed E-state index contributed by atoms with van der Waals surface area (Å²) < 4.78 is 29.0. The predicted molar refractivity (Wildman–Crippen MR) is 149 cm³/mol. The smallest absolute Gasteiger partial charge is 0.412 e. The molecule has 3 aromatic carbocycles. The average molecular weight is 669 g/mol. The molecule has 0 aliphatic carbocycles. The van der Waals surface area contributed by atoms with E-state index in [1.54, 1.807) is 54.6 Å². The summed E-state index contributed by atoms with van der Waals surface area (Å²) in [5.74, 6) is 0.834. The third-order valence-electron chi connectivity index (χ3n) is 5.38. The van der Waals surface area contributed by atoms with E-state index in [9.17, 15) is 14.7 Å². The quantitative estimate of drug-likeness (QED) is 0.172. The van der Waals surface area contributed by atoms with Crippen molar-refractivity contribution in [1.82, 2.24) is 0 Å². The van der Waals surface area contributed by atoms with E-state index in [1.807, 2.05) is 6.07 Å². The van der Waals surface area contributed by atoms with Crippen LogP contribution in [-0.2, 0) is 14.3 Å². The number of hydrogen-bond acceptors (Lipinski definition) is 9. The van der Waals surface area contributed by atoms with Crippen molar-refractivity contribution >= 4 is 62.2 Å². The number of ether oxygens (including phenoxy) is 5. The van der Waals surface area contributed by atoms with Crippen molar-refractivity contribution in [3.63, 3.8) is 0 Å². The summed E-state index contributed by atoms with van der Waals surface area (Å²) in [5.41, 5.74) is 0.689. The Balaban J connectivity index is 1.64. The zero-order valence-electron chi connectivity index (χ0n) is 19.8. The van der Waals surface area contributed by atoms with Crippen molar-refractivity contribution in [3.05, 3.63) is 75.2 Å². The van der Waals surface area contributed by atoms with Crippen molar-refractivity contribution in [2.24, 2.45) is 0 Å². The highest BCUT2D eigenvalue weighted by Gasteiger charge is 2.33. The number of halogens is 2. The number of amides is 1. The number of para-hydroxylation sites is 1. The normalized spacial score (nSPS) is 13.3. The molecule has 3 aromatic rings. The lowest BCUT2D eigenvalue weighted by Gasteiger charge is -2.29. The number of hydrogen-bond donors (Lipinski definition) is 3. The molecular weight excluding hydrogens is 646 g/mol. The highest BCUT2D eigenvalue weighted by atomic mass is 79.9. The number of rotatable bonds is 10. The molecule has 1 aliphatic heterocycles. The van der Waals surface area contributed by atoms with Gasteiger partial charge in [0.05, 0.1) is 16.8 Å². The Morgan fingerprint density at radius 2 is 1.82 bits per heavy atom. The van der Waals surface area contributed by atoms with Gasteiger partial charge >= 0.3 is 12.1 Å². The average Bonchev–Trinajstić information content (AvgIpc) is 3.37. The number of carbonyl (C=O) groups is 2. The lowest BCUT2D eigenvalue weighted by atomic mass is 10.0. The molecule has 0 radical (unpaired) electrons. The summed E-state index contributed by atoms with van der Waals surface area (Å²) in [6.45, 7) is 0.0646. The molecule has 0 fully saturated rings. The molecule has 12 heteroatoms. The fourth-order valence-electron chi connectivity index (χ4n) is 3.66. The highest BCUT2D eigenvalue weighted by Crippen LogP contribution is 2.40. The van der Waals surface area contributed by atoms with Crippen LogP contribution in [0.2, 0.25) is 0 Å². The lowest BCUT2D eigenvalue weighted by Crippen LogP contribution is -2.32. The molecule has 2 atom stereocenters. The summed E-state index contributed by atoms with van der Waals surface area (Å²) in [4.78, 5) is 24.8. The van der Waals surface area contributed by atoms with Gasteiger partial charge in [-0.15, -0.1) is 0 Å². The standard InChI is InChI=1S/C26H23Br2NO8S/c27-15-10-18(24(31)19(28)11-15)25(37-26(32)29-16-6-7-20-22(12-16)35-14-34-20)21(8-9-33-23(30)13-38)36-17-4-2-1-3-5-17/h1-7,10-12,21,25,31,38H,8-9,13-14H2,(H,29,32)/t21-,25-/m0/s1. The lowest BCUT2D eigenvalue weighted by molar-refractivity contribution is -0.141. The molecule has 4 rings (SSSR count). The summed E-state index contributed by atoms with van der Waals surface area (Å²) in [6, 6.07) is 17.1. The summed E-state index contributed by atoms with van der Waals surface area (Å²) >= 11 is 10.7. The van der Waals surface area contributed by atoms with Gasteiger partial charge in [0.15, 0.2) is 17.6 Å².